The van der Waals surface area contributed by atoms with Crippen LogP contribution in [0.5, 0.6) is 0 Å². The molecule has 0 radical (unpaired) electrons. The van der Waals surface area contributed by atoms with Gasteiger partial charge in [-0.05, 0) is 48.4 Å². The van der Waals surface area contributed by atoms with E-state index < -0.39 is 0 Å². The van der Waals surface area contributed by atoms with Crippen molar-refractivity contribution in [2.75, 3.05) is 24.3 Å². The van der Waals surface area contributed by atoms with E-state index in [-0.39, 0.29) is 5.82 Å². The van der Waals surface area contributed by atoms with Crippen molar-refractivity contribution in [1.29, 1.82) is 0 Å². The van der Waals surface area contributed by atoms with Crippen LogP contribution in [0.1, 0.15) is 11.1 Å². The van der Waals surface area contributed by atoms with Crippen LogP contribution in [0.2, 0.25) is 0 Å². The fraction of sp³-hybridized carbons (Fsp3) is 0.250. The molecular weight excluding hydrogens is 319 g/mol. The molecule has 0 amide bonds. The second kappa shape index (κ2) is 6.27. The van der Waals surface area contributed by atoms with Crippen LogP contribution in [0.4, 0.5) is 15.8 Å². The molecule has 2 nitrogen and oxygen atoms in total. The number of benzene rings is 2. The summed E-state index contributed by atoms with van der Waals surface area (Å²) >= 11 is 3.44. The van der Waals surface area contributed by atoms with Gasteiger partial charge in [0.2, 0.25) is 0 Å². The van der Waals surface area contributed by atoms with Crippen molar-refractivity contribution in [3.05, 3.63) is 57.8 Å². The highest BCUT2D eigenvalue weighted by molar-refractivity contribution is 9.10. The standard InChI is InChI=1S/C16H18BrFN2/c1-11-4-6-14(9-16(11)20(2)3)19-10-12-8-13(18)5-7-15(12)17/h4-9,19H,10H2,1-3H3. The molecule has 0 saturated heterocycles. The molecule has 20 heavy (non-hydrogen) atoms. The molecule has 2 aromatic carbocycles. The first-order chi connectivity index (χ1) is 9.47. The molecule has 0 aliphatic carbocycles. The molecule has 0 unspecified atom stereocenters. The first-order valence-electron chi connectivity index (χ1n) is 6.43. The summed E-state index contributed by atoms with van der Waals surface area (Å²) in [6.07, 6.45) is 0. The van der Waals surface area contributed by atoms with Gasteiger partial charge in [0.15, 0.2) is 0 Å². The molecule has 106 valence electrons. The molecule has 0 heterocycles. The van der Waals surface area contributed by atoms with Crippen LogP contribution in [0, 0.1) is 12.7 Å². The van der Waals surface area contributed by atoms with Crippen LogP contribution in [0.3, 0.4) is 0 Å². The summed E-state index contributed by atoms with van der Waals surface area (Å²) in [5.41, 5.74) is 4.33. The largest absolute Gasteiger partial charge is 0.381 e. The van der Waals surface area contributed by atoms with Gasteiger partial charge < -0.3 is 10.2 Å². The lowest BCUT2D eigenvalue weighted by molar-refractivity contribution is 0.625. The molecule has 0 aromatic heterocycles. The normalized spacial score (nSPS) is 10.4. The molecule has 1 N–H and O–H groups in total. The van der Waals surface area contributed by atoms with Gasteiger partial charge in [-0.1, -0.05) is 22.0 Å². The number of nitrogens with one attached hydrogen (secondary N) is 1. The molecule has 4 heteroatoms. The second-order valence-electron chi connectivity index (χ2n) is 4.98. The van der Waals surface area contributed by atoms with Crippen LogP contribution in [-0.4, -0.2) is 14.1 Å². The van der Waals surface area contributed by atoms with E-state index in [9.17, 15) is 4.39 Å². The topological polar surface area (TPSA) is 15.3 Å². The van der Waals surface area contributed by atoms with E-state index in [1.54, 1.807) is 6.07 Å². The minimum atomic E-state index is -0.220. The third-order valence-corrected chi connectivity index (χ3v) is 3.96. The molecule has 0 bridgehead atoms. The summed E-state index contributed by atoms with van der Waals surface area (Å²) < 4.78 is 14.1. The molecule has 0 aliphatic rings. The number of hydrogen-bond donors (Lipinski definition) is 1. The first kappa shape index (κ1) is 14.9. The summed E-state index contributed by atoms with van der Waals surface area (Å²) in [4.78, 5) is 2.08. The Kier molecular flexibility index (Phi) is 4.65. The molecule has 2 rings (SSSR count). The van der Waals surface area contributed by atoms with Crippen molar-refractivity contribution >= 4 is 27.3 Å². The predicted molar refractivity (Wildman–Crippen MR) is 86.9 cm³/mol. The Bertz CT molecular complexity index is 611. The van der Waals surface area contributed by atoms with Gasteiger partial charge in [0.1, 0.15) is 5.82 Å². The smallest absolute Gasteiger partial charge is 0.123 e. The Labute approximate surface area is 127 Å². The lowest BCUT2D eigenvalue weighted by Crippen LogP contribution is -2.11. The quantitative estimate of drug-likeness (QED) is 0.879. The summed E-state index contributed by atoms with van der Waals surface area (Å²) in [7, 11) is 4.05. The summed E-state index contributed by atoms with van der Waals surface area (Å²) in [6, 6.07) is 10.9. The Morgan fingerprint density at radius 1 is 1.15 bits per heavy atom. The molecule has 0 spiro atoms. The third kappa shape index (κ3) is 3.51. The Balaban J connectivity index is 2.15. The van der Waals surface area contributed by atoms with Crippen LogP contribution in [0.25, 0.3) is 0 Å². The van der Waals surface area contributed by atoms with Gasteiger partial charge in [-0.25, -0.2) is 4.39 Å². The highest BCUT2D eigenvalue weighted by Gasteiger charge is 2.04. The SMILES string of the molecule is Cc1ccc(NCc2cc(F)ccc2Br)cc1N(C)C. The number of anilines is 2. The fourth-order valence-corrected chi connectivity index (χ4v) is 2.46. The van der Waals surface area contributed by atoms with E-state index in [1.165, 1.54) is 23.4 Å². The van der Waals surface area contributed by atoms with Crippen LogP contribution in [0.15, 0.2) is 40.9 Å². The van der Waals surface area contributed by atoms with Crippen molar-refractivity contribution in [2.45, 2.75) is 13.5 Å². The maximum absolute atomic E-state index is 13.2. The minimum absolute atomic E-state index is 0.220. The Morgan fingerprint density at radius 2 is 1.90 bits per heavy atom. The first-order valence-corrected chi connectivity index (χ1v) is 7.22. The van der Waals surface area contributed by atoms with E-state index in [2.05, 4.69) is 45.2 Å². The highest BCUT2D eigenvalue weighted by atomic mass is 79.9. The zero-order valence-electron chi connectivity index (χ0n) is 11.9. The maximum Gasteiger partial charge on any atom is 0.123 e. The average Bonchev–Trinajstić information content (AvgIpc) is 2.41. The summed E-state index contributed by atoms with van der Waals surface area (Å²) in [5, 5.41) is 3.33. The molecule has 2 aromatic rings. The summed E-state index contributed by atoms with van der Waals surface area (Å²) in [5.74, 6) is -0.220. The monoisotopic (exact) mass is 336 g/mol. The van der Waals surface area contributed by atoms with Gasteiger partial charge in [0, 0.05) is 36.5 Å². The van der Waals surface area contributed by atoms with Crippen molar-refractivity contribution in [1.82, 2.24) is 0 Å². The van der Waals surface area contributed by atoms with Gasteiger partial charge in [-0.2, -0.15) is 0 Å². The zero-order valence-corrected chi connectivity index (χ0v) is 13.5. The predicted octanol–water partition coefficient (Wildman–Crippen LogP) is 4.57. The average molecular weight is 337 g/mol. The number of nitrogens with zero attached hydrogens (tertiary/aromatic N) is 1. The zero-order chi connectivity index (χ0) is 14.7. The second-order valence-corrected chi connectivity index (χ2v) is 5.84. The van der Waals surface area contributed by atoms with Crippen LogP contribution < -0.4 is 10.2 Å². The third-order valence-electron chi connectivity index (χ3n) is 3.18. The van der Waals surface area contributed by atoms with Crippen molar-refractivity contribution in [3.63, 3.8) is 0 Å². The maximum atomic E-state index is 13.2. The van der Waals surface area contributed by atoms with E-state index >= 15 is 0 Å². The Hall–Kier alpha value is -1.55. The van der Waals surface area contributed by atoms with E-state index in [0.29, 0.717) is 6.54 Å². The van der Waals surface area contributed by atoms with Crippen molar-refractivity contribution < 1.29 is 4.39 Å². The molecule has 0 aliphatic heterocycles. The van der Waals surface area contributed by atoms with Gasteiger partial charge in [0.05, 0.1) is 0 Å². The van der Waals surface area contributed by atoms with Crippen LogP contribution >= 0.6 is 15.9 Å². The molecular formula is C16H18BrFN2. The summed E-state index contributed by atoms with van der Waals surface area (Å²) in [6.45, 7) is 2.66. The number of rotatable bonds is 4. The lowest BCUT2D eigenvalue weighted by Gasteiger charge is -2.17. The lowest BCUT2D eigenvalue weighted by atomic mass is 10.1. The minimum Gasteiger partial charge on any atom is -0.381 e. The fourth-order valence-electron chi connectivity index (χ4n) is 2.08. The van der Waals surface area contributed by atoms with Crippen molar-refractivity contribution in [2.24, 2.45) is 0 Å². The van der Waals surface area contributed by atoms with Gasteiger partial charge in [-0.15, -0.1) is 0 Å². The van der Waals surface area contributed by atoms with Gasteiger partial charge in [0.25, 0.3) is 0 Å². The van der Waals surface area contributed by atoms with Crippen molar-refractivity contribution in [3.8, 4) is 0 Å². The molecule has 0 fully saturated rings. The highest BCUT2D eigenvalue weighted by Crippen LogP contribution is 2.24. The van der Waals surface area contributed by atoms with E-state index in [1.807, 2.05) is 20.2 Å². The van der Waals surface area contributed by atoms with Gasteiger partial charge >= 0.3 is 0 Å². The Morgan fingerprint density at radius 3 is 2.60 bits per heavy atom. The van der Waals surface area contributed by atoms with E-state index in [4.69, 9.17) is 0 Å². The number of hydrogen-bond acceptors (Lipinski definition) is 2. The van der Waals surface area contributed by atoms with Crippen LogP contribution in [-0.2, 0) is 6.54 Å². The molecule has 0 atom stereocenters. The molecule has 0 saturated carbocycles. The number of halogens is 2. The van der Waals surface area contributed by atoms with E-state index in [0.717, 1.165) is 15.7 Å². The number of aryl methyl sites for hydroxylation is 1. The van der Waals surface area contributed by atoms with Gasteiger partial charge in [-0.3, -0.25) is 0 Å².